The minimum Gasteiger partial charge on any atom is -0.375 e. The van der Waals surface area contributed by atoms with Gasteiger partial charge in [-0.25, -0.2) is 4.68 Å². The number of nitrogens with zero attached hydrogens (tertiary/aromatic N) is 3. The third kappa shape index (κ3) is 2.05. The maximum atomic E-state index is 12.1. The van der Waals surface area contributed by atoms with Crippen LogP contribution < -0.4 is 0 Å². The van der Waals surface area contributed by atoms with Crippen LogP contribution in [0.3, 0.4) is 0 Å². The largest absolute Gasteiger partial charge is 0.375 e. The molecular weight excluding hydrogens is 322 g/mol. The second-order valence-corrected chi connectivity index (χ2v) is 5.91. The van der Waals surface area contributed by atoms with Gasteiger partial charge in [0.15, 0.2) is 5.60 Å². The molecule has 0 radical (unpaired) electrons. The van der Waals surface area contributed by atoms with Crippen molar-refractivity contribution in [3.05, 3.63) is 46.7 Å². The van der Waals surface area contributed by atoms with E-state index in [2.05, 4.69) is 21.0 Å². The Morgan fingerprint density at radius 2 is 2.25 bits per heavy atom. The second-order valence-electron chi connectivity index (χ2n) is 4.99. The number of aromatic nitrogens is 2. The van der Waals surface area contributed by atoms with Crippen molar-refractivity contribution in [2.24, 2.45) is 0 Å². The van der Waals surface area contributed by atoms with Gasteiger partial charge in [0.1, 0.15) is 0 Å². The number of likely N-dealkylation sites (tertiary alicyclic amines) is 1. The molecule has 1 aliphatic rings. The number of hydrogen-bond acceptors (Lipinski definition) is 3. The van der Waals surface area contributed by atoms with Crippen LogP contribution in [-0.4, -0.2) is 39.3 Å². The van der Waals surface area contributed by atoms with Crippen LogP contribution in [0.1, 0.15) is 12.0 Å². The number of aliphatic hydroxyl groups is 1. The molecule has 1 amide bonds. The molecule has 1 saturated heterocycles. The average molecular weight is 336 g/mol. The molecule has 0 unspecified atom stereocenters. The van der Waals surface area contributed by atoms with Gasteiger partial charge in [0.05, 0.1) is 11.9 Å². The zero-order valence-electron chi connectivity index (χ0n) is 11.0. The van der Waals surface area contributed by atoms with E-state index in [0.29, 0.717) is 18.5 Å². The number of halogens is 1. The van der Waals surface area contributed by atoms with E-state index < -0.39 is 5.60 Å². The highest BCUT2D eigenvalue weighted by atomic mass is 79.9. The lowest BCUT2D eigenvalue weighted by Gasteiger charge is -2.18. The van der Waals surface area contributed by atoms with Crippen LogP contribution in [0.4, 0.5) is 0 Å². The van der Waals surface area contributed by atoms with Gasteiger partial charge in [-0.2, -0.15) is 5.10 Å². The molecule has 5 nitrogen and oxygen atoms in total. The van der Waals surface area contributed by atoms with Crippen molar-refractivity contribution in [1.29, 1.82) is 0 Å². The first-order valence-corrected chi connectivity index (χ1v) is 7.09. The van der Waals surface area contributed by atoms with Gasteiger partial charge < -0.3 is 10.0 Å². The molecule has 0 aliphatic carbocycles. The molecule has 1 aromatic carbocycles. The molecule has 3 rings (SSSR count). The highest BCUT2D eigenvalue weighted by Crippen LogP contribution is 2.32. The van der Waals surface area contributed by atoms with E-state index in [0.717, 1.165) is 10.2 Å². The van der Waals surface area contributed by atoms with Gasteiger partial charge in [-0.3, -0.25) is 4.79 Å². The Bertz CT molecular complexity index is 670. The molecule has 104 valence electrons. The molecular formula is C14H14BrN3O2. The van der Waals surface area contributed by atoms with E-state index in [1.807, 2.05) is 24.3 Å². The molecule has 2 heterocycles. The van der Waals surface area contributed by atoms with E-state index in [1.165, 1.54) is 4.90 Å². The number of benzene rings is 1. The zero-order valence-corrected chi connectivity index (χ0v) is 12.5. The molecule has 1 fully saturated rings. The lowest BCUT2D eigenvalue weighted by atomic mass is 9.95. The van der Waals surface area contributed by atoms with Crippen molar-refractivity contribution in [1.82, 2.24) is 14.7 Å². The van der Waals surface area contributed by atoms with Crippen LogP contribution in [0.2, 0.25) is 0 Å². The van der Waals surface area contributed by atoms with Crippen LogP contribution in [0, 0.1) is 0 Å². The molecule has 20 heavy (non-hydrogen) atoms. The van der Waals surface area contributed by atoms with Crippen LogP contribution >= 0.6 is 15.9 Å². The zero-order chi connectivity index (χ0) is 14.3. The smallest absolute Gasteiger partial charge is 0.259 e. The fraction of sp³-hybridized carbons (Fsp3) is 0.286. The van der Waals surface area contributed by atoms with Crippen LogP contribution in [-0.2, 0) is 10.4 Å². The van der Waals surface area contributed by atoms with Crippen molar-refractivity contribution in [2.75, 3.05) is 13.6 Å². The van der Waals surface area contributed by atoms with E-state index in [-0.39, 0.29) is 5.91 Å². The third-order valence-electron chi connectivity index (χ3n) is 3.64. The highest BCUT2D eigenvalue weighted by Gasteiger charge is 2.46. The van der Waals surface area contributed by atoms with Crippen molar-refractivity contribution >= 4 is 21.8 Å². The monoisotopic (exact) mass is 335 g/mol. The lowest BCUT2D eigenvalue weighted by molar-refractivity contribution is -0.143. The second kappa shape index (κ2) is 4.71. The Hall–Kier alpha value is -1.66. The molecule has 1 aliphatic heterocycles. The van der Waals surface area contributed by atoms with E-state index >= 15 is 0 Å². The normalized spacial score (nSPS) is 22.6. The lowest BCUT2D eigenvalue weighted by Crippen LogP contribution is -2.35. The summed E-state index contributed by atoms with van der Waals surface area (Å²) in [5.41, 5.74) is -0.0428. The van der Waals surface area contributed by atoms with Gasteiger partial charge in [-0.1, -0.05) is 22.0 Å². The predicted molar refractivity (Wildman–Crippen MR) is 77.4 cm³/mol. The first-order chi connectivity index (χ1) is 9.50. The summed E-state index contributed by atoms with van der Waals surface area (Å²) in [6.45, 7) is 0.553. The van der Waals surface area contributed by atoms with E-state index in [4.69, 9.17) is 0 Å². The molecule has 1 atom stereocenters. The van der Waals surface area contributed by atoms with Crippen LogP contribution in [0.25, 0.3) is 5.69 Å². The van der Waals surface area contributed by atoms with Crippen LogP contribution in [0.15, 0.2) is 41.1 Å². The third-order valence-corrected chi connectivity index (χ3v) is 4.14. The van der Waals surface area contributed by atoms with Gasteiger partial charge in [-0.05, 0) is 18.2 Å². The first-order valence-electron chi connectivity index (χ1n) is 6.30. The number of rotatable bonds is 2. The van der Waals surface area contributed by atoms with E-state index in [1.54, 1.807) is 24.1 Å². The summed E-state index contributed by atoms with van der Waals surface area (Å²) >= 11 is 3.41. The number of hydrogen-bond donors (Lipinski definition) is 1. The number of carbonyl (C=O) groups excluding carboxylic acids is 1. The number of likely N-dealkylation sites (N-methyl/N-ethyl adjacent to an activating group) is 1. The number of amides is 1. The molecule has 1 N–H and O–H groups in total. The van der Waals surface area contributed by atoms with Crippen molar-refractivity contribution in [2.45, 2.75) is 12.0 Å². The molecule has 0 saturated carbocycles. The Morgan fingerprint density at radius 3 is 2.90 bits per heavy atom. The highest BCUT2D eigenvalue weighted by molar-refractivity contribution is 9.10. The molecule has 0 spiro atoms. The molecule has 6 heteroatoms. The summed E-state index contributed by atoms with van der Waals surface area (Å²) in [5, 5.41) is 14.8. The Balaban J connectivity index is 1.97. The minimum absolute atomic E-state index is 0.272. The maximum absolute atomic E-state index is 12.1. The number of carbonyl (C=O) groups is 1. The molecule has 1 aromatic heterocycles. The van der Waals surface area contributed by atoms with E-state index in [9.17, 15) is 9.90 Å². The topological polar surface area (TPSA) is 58.4 Å². The summed E-state index contributed by atoms with van der Waals surface area (Å²) in [4.78, 5) is 13.6. The fourth-order valence-corrected chi connectivity index (χ4v) is 2.80. The van der Waals surface area contributed by atoms with Crippen LogP contribution in [0.5, 0.6) is 0 Å². The van der Waals surface area contributed by atoms with Gasteiger partial charge in [0.2, 0.25) is 0 Å². The quantitative estimate of drug-likeness (QED) is 0.908. The molecule has 2 aromatic rings. The van der Waals surface area contributed by atoms with Gasteiger partial charge in [0, 0.05) is 36.2 Å². The van der Waals surface area contributed by atoms with Crippen molar-refractivity contribution < 1.29 is 9.90 Å². The Kier molecular flexibility index (Phi) is 3.14. The Morgan fingerprint density at radius 1 is 1.45 bits per heavy atom. The Labute approximate surface area is 124 Å². The summed E-state index contributed by atoms with van der Waals surface area (Å²) in [6.07, 6.45) is 3.66. The summed E-state index contributed by atoms with van der Waals surface area (Å²) < 4.78 is 2.60. The summed E-state index contributed by atoms with van der Waals surface area (Å²) in [7, 11) is 1.69. The van der Waals surface area contributed by atoms with Gasteiger partial charge >= 0.3 is 0 Å². The standard InChI is InChI=1S/C14H14BrN3O2/c1-17-6-5-14(20,13(17)19)10-8-16-18(9-10)12-4-2-3-11(15)7-12/h2-4,7-9,20H,5-6H2,1H3/t14-/m1/s1. The van der Waals surface area contributed by atoms with Crippen molar-refractivity contribution in [3.8, 4) is 5.69 Å². The SMILES string of the molecule is CN1CC[C@@](O)(c2cnn(-c3cccc(Br)c3)c2)C1=O. The fourth-order valence-electron chi connectivity index (χ4n) is 2.42. The minimum atomic E-state index is -1.45. The maximum Gasteiger partial charge on any atom is 0.259 e. The molecule has 0 bridgehead atoms. The average Bonchev–Trinajstić information content (AvgIpc) is 3.02. The van der Waals surface area contributed by atoms with Gasteiger partial charge in [-0.15, -0.1) is 0 Å². The predicted octanol–water partition coefficient (Wildman–Crippen LogP) is 1.68. The summed E-state index contributed by atoms with van der Waals surface area (Å²) in [6, 6.07) is 7.67. The first kappa shape index (κ1) is 13.3. The summed E-state index contributed by atoms with van der Waals surface area (Å²) in [5.74, 6) is -0.272. The van der Waals surface area contributed by atoms with Crippen molar-refractivity contribution in [3.63, 3.8) is 0 Å². The van der Waals surface area contributed by atoms with Gasteiger partial charge in [0.25, 0.3) is 5.91 Å².